The number of nitrogens with one attached hydrogen (secondary N) is 1. The molecule has 2 amide bonds. The largest absolute Gasteiger partial charge is 0.497 e. The molecule has 0 radical (unpaired) electrons. The number of rotatable bonds is 11. The van der Waals surface area contributed by atoms with Crippen molar-refractivity contribution in [3.8, 4) is 28.6 Å². The second kappa shape index (κ2) is 17.5. The maximum absolute atomic E-state index is 18.0. The van der Waals surface area contributed by atoms with Crippen LogP contribution in [0.15, 0.2) is 54.6 Å². The molecule has 2 bridgehead atoms. The maximum Gasteiger partial charge on any atom is 0.417 e. The van der Waals surface area contributed by atoms with Crippen LogP contribution in [0.5, 0.6) is 17.4 Å². The average Bonchev–Trinajstić information content (AvgIpc) is 3.64. The fraction of sp³-hybridized carbons (Fsp3) is 0.500. The van der Waals surface area contributed by atoms with Crippen LogP contribution in [-0.4, -0.2) is 113 Å². The van der Waals surface area contributed by atoms with E-state index in [-0.39, 0.29) is 31.9 Å². The van der Waals surface area contributed by atoms with Crippen molar-refractivity contribution in [2.45, 2.75) is 121 Å². The van der Waals surface area contributed by atoms with Gasteiger partial charge in [0.1, 0.15) is 40.3 Å². The Morgan fingerprint density at radius 3 is 2.12 bits per heavy atom. The molecule has 6 heterocycles. The molecule has 19 heteroatoms. The lowest BCUT2D eigenvalue weighted by Crippen LogP contribution is -2.65. The van der Waals surface area contributed by atoms with Crippen molar-refractivity contribution < 1.29 is 59.3 Å². The molecule has 12 nitrogen and oxygen atoms in total. The first-order chi connectivity index (χ1) is 32.5. The Morgan fingerprint density at radius 1 is 0.957 bits per heavy atom. The number of alkyl halides is 5. The van der Waals surface area contributed by atoms with Crippen molar-refractivity contribution in [3.63, 3.8) is 0 Å². The van der Waals surface area contributed by atoms with Crippen LogP contribution >= 0.6 is 0 Å². The van der Waals surface area contributed by atoms with E-state index >= 15 is 26.7 Å². The fourth-order valence-corrected chi connectivity index (χ4v) is 11.0. The van der Waals surface area contributed by atoms with E-state index < -0.39 is 124 Å². The van der Waals surface area contributed by atoms with E-state index in [0.717, 1.165) is 13.0 Å². The first-order valence-electron chi connectivity index (χ1n) is 23.0. The van der Waals surface area contributed by atoms with Gasteiger partial charge in [-0.1, -0.05) is 24.3 Å². The number of pyridine rings is 1. The predicted molar refractivity (Wildman–Crippen MR) is 242 cm³/mol. The monoisotopic (exact) mass is 968 g/mol. The minimum absolute atomic E-state index is 0.00387. The van der Waals surface area contributed by atoms with Crippen LogP contribution in [0.1, 0.15) is 86.0 Å². The molecule has 0 spiro atoms. The maximum atomic E-state index is 18.0. The molecule has 4 aromatic rings. The normalized spacial score (nSPS) is 23.8. The van der Waals surface area contributed by atoms with Crippen molar-refractivity contribution >= 4 is 23.4 Å². The third kappa shape index (κ3) is 8.84. The Balaban J connectivity index is 1.21. The Kier molecular flexibility index (Phi) is 12.2. The highest BCUT2D eigenvalue weighted by atomic mass is 19.4. The summed E-state index contributed by atoms with van der Waals surface area (Å²) in [7, 11) is 2.99. The van der Waals surface area contributed by atoms with Gasteiger partial charge in [-0.15, -0.1) is 0 Å². The molecule has 0 saturated carbocycles. The summed E-state index contributed by atoms with van der Waals surface area (Å²) < 4.78 is 134. The predicted octanol–water partition coefficient (Wildman–Crippen LogP) is 9.85. The van der Waals surface area contributed by atoms with Gasteiger partial charge < -0.3 is 34.1 Å². The van der Waals surface area contributed by atoms with E-state index in [4.69, 9.17) is 18.9 Å². The van der Waals surface area contributed by atoms with Crippen LogP contribution < -0.4 is 24.4 Å². The number of benzene rings is 3. The minimum atomic E-state index is -5.26. The zero-order chi connectivity index (χ0) is 49.5. The molecule has 1 aromatic heterocycles. The van der Waals surface area contributed by atoms with Gasteiger partial charge >= 0.3 is 12.3 Å². The molecule has 1 unspecified atom stereocenters. The highest BCUT2D eigenvalue weighted by molar-refractivity contribution is 6.03. The van der Waals surface area contributed by atoms with E-state index in [1.165, 1.54) is 24.0 Å². The summed E-state index contributed by atoms with van der Waals surface area (Å²) in [5, 5.41) is 2.93. The molecule has 0 aliphatic carbocycles. The van der Waals surface area contributed by atoms with Crippen molar-refractivity contribution in [1.29, 1.82) is 0 Å². The van der Waals surface area contributed by atoms with Gasteiger partial charge in [-0.3, -0.25) is 14.6 Å². The number of anilines is 2. The Labute approximate surface area is 395 Å². The van der Waals surface area contributed by atoms with Crippen LogP contribution in [0.4, 0.5) is 46.9 Å². The number of carbonyl (C=O) groups excluding carboxylic acids is 2. The van der Waals surface area contributed by atoms with E-state index in [1.54, 1.807) is 86.0 Å². The Hall–Kier alpha value is -5.98. The molecule has 4 saturated heterocycles. The summed E-state index contributed by atoms with van der Waals surface area (Å²) in [6, 6.07) is 12.6. The number of hydrogen-bond acceptors (Lipinski definition) is 10. The van der Waals surface area contributed by atoms with Crippen molar-refractivity contribution in [1.82, 2.24) is 19.7 Å². The number of ether oxygens (including phenoxy) is 4. The van der Waals surface area contributed by atoms with Crippen LogP contribution in [0.2, 0.25) is 0 Å². The number of piperazine rings is 1. The summed E-state index contributed by atoms with van der Waals surface area (Å²) >= 11 is 0. The molecule has 9 rings (SSSR count). The SMILES string of the molecule is COc1ccc(CN(Cc2ccc(OC)cc2)c2cc(-c3nc4c(c(NCC56CCN5CC(F)(F)C6)c3F)C(=O)N3C[C@H]5CC[C@@H]([C@H]3[C@H](C)O4)N5C(=O)OC(C)(C)C)c(C(F)(F)F)c(C)c2F)cc1. The summed E-state index contributed by atoms with van der Waals surface area (Å²) in [5.74, 6) is -5.85. The van der Waals surface area contributed by atoms with Gasteiger partial charge in [0.05, 0.1) is 55.8 Å². The highest BCUT2D eigenvalue weighted by Gasteiger charge is 2.60. The molecule has 1 N–H and O–H groups in total. The first kappa shape index (κ1) is 48.1. The number of hydrogen-bond donors (Lipinski definition) is 1. The van der Waals surface area contributed by atoms with E-state index in [2.05, 4.69) is 10.3 Å². The van der Waals surface area contributed by atoms with Gasteiger partial charge in [0.2, 0.25) is 5.88 Å². The number of fused-ring (bicyclic) bond motifs is 6. The van der Waals surface area contributed by atoms with Crippen LogP contribution in [0.3, 0.4) is 0 Å². The van der Waals surface area contributed by atoms with Crippen molar-refractivity contribution in [2.75, 3.05) is 50.6 Å². The molecular formula is C50H55F7N6O6. The number of methoxy groups -OCH3 is 2. The van der Waals surface area contributed by atoms with Gasteiger partial charge in [0.15, 0.2) is 5.82 Å². The lowest BCUT2D eigenvalue weighted by Gasteiger charge is -2.48. The van der Waals surface area contributed by atoms with E-state index in [9.17, 15) is 13.6 Å². The second-order valence-electron chi connectivity index (χ2n) is 19.9. The summed E-state index contributed by atoms with van der Waals surface area (Å²) in [6.45, 7) is 7.26. The van der Waals surface area contributed by atoms with Crippen LogP contribution in [-0.2, 0) is 24.0 Å². The van der Waals surface area contributed by atoms with Gasteiger partial charge in [-0.25, -0.2) is 27.3 Å². The number of aromatic nitrogens is 1. The number of amides is 2. The van der Waals surface area contributed by atoms with Gasteiger partial charge in [-0.2, -0.15) is 13.2 Å². The van der Waals surface area contributed by atoms with Crippen molar-refractivity contribution in [2.24, 2.45) is 0 Å². The van der Waals surface area contributed by atoms with Crippen LogP contribution in [0, 0.1) is 18.6 Å². The highest BCUT2D eigenvalue weighted by Crippen LogP contribution is 2.51. The zero-order valence-corrected chi connectivity index (χ0v) is 39.4. The molecule has 4 fully saturated rings. The summed E-state index contributed by atoms with van der Waals surface area (Å²) in [4.78, 5) is 39.4. The molecule has 370 valence electrons. The quantitative estimate of drug-likeness (QED) is 0.146. The van der Waals surface area contributed by atoms with Gasteiger partial charge in [0, 0.05) is 50.2 Å². The molecule has 5 aliphatic rings. The molecule has 5 atom stereocenters. The third-order valence-corrected chi connectivity index (χ3v) is 14.2. The van der Waals surface area contributed by atoms with Crippen molar-refractivity contribution in [3.05, 3.63) is 94.0 Å². The molecule has 3 aromatic carbocycles. The lowest BCUT2D eigenvalue weighted by atomic mass is 9.84. The minimum Gasteiger partial charge on any atom is -0.497 e. The van der Waals surface area contributed by atoms with E-state index in [1.807, 2.05) is 0 Å². The number of nitrogens with zero attached hydrogens (tertiary/aromatic N) is 5. The van der Waals surface area contributed by atoms with Gasteiger partial charge in [-0.05, 0) is 101 Å². The average molecular weight is 969 g/mol. The lowest BCUT2D eigenvalue weighted by molar-refractivity contribution is -0.137. The Bertz CT molecular complexity index is 2600. The number of halogens is 7. The van der Waals surface area contributed by atoms with E-state index in [0.29, 0.717) is 48.4 Å². The topological polar surface area (TPSA) is 109 Å². The zero-order valence-electron chi connectivity index (χ0n) is 39.4. The number of carbonyl (C=O) groups is 2. The first-order valence-corrected chi connectivity index (χ1v) is 23.0. The summed E-state index contributed by atoms with van der Waals surface area (Å²) in [6.07, 6.45) is -6.08. The van der Waals surface area contributed by atoms with Gasteiger partial charge in [0.25, 0.3) is 11.8 Å². The second-order valence-corrected chi connectivity index (χ2v) is 19.9. The molecule has 69 heavy (non-hydrogen) atoms. The molecule has 5 aliphatic heterocycles. The Morgan fingerprint density at radius 2 is 1.58 bits per heavy atom. The third-order valence-electron chi connectivity index (χ3n) is 14.2. The molecular weight excluding hydrogens is 914 g/mol. The standard InChI is InChI=1S/C50H55F7N6O6/c1-27-38(50(55,56)57)34(20-36(39(27)51)60(21-29-8-13-32(66-6)14-9-29)22-30-10-15-33(67-7)16-11-30)41-40(52)42(58-25-48-18-19-61(48)26-49(53,54)24-48)37-44(59-41)68-28(2)43-35-17-12-31(23-62(43)45(37)64)63(35)46(65)69-47(3,4)5/h8-11,13-16,20,28,31,35,43H,12,17-19,21-26H2,1-7H3,(H,58,59)/t28-,31+,35-,43+,48?/m0/s1. The van der Waals surface area contributed by atoms with Crippen LogP contribution in [0.25, 0.3) is 11.3 Å². The summed E-state index contributed by atoms with van der Waals surface area (Å²) in [5.41, 5.74) is -6.13. The fourth-order valence-electron chi connectivity index (χ4n) is 11.0. The smallest absolute Gasteiger partial charge is 0.417 e.